The number of carbonyl (C=O) groups is 2. The third-order valence-electron chi connectivity index (χ3n) is 7.32. The zero-order valence-corrected chi connectivity index (χ0v) is 17.4. The minimum Gasteiger partial charge on any atom is -0.465 e. The average Bonchev–Trinajstić information content (AvgIpc) is 3.25. The number of amides is 2. The molecule has 11 heteroatoms. The van der Waals surface area contributed by atoms with Gasteiger partial charge in [0, 0.05) is 25.6 Å². The molecule has 0 saturated carbocycles. The molecule has 4 saturated heterocycles. The molecule has 4 aliphatic heterocycles. The maximum absolute atomic E-state index is 13.5. The molecular weight excluding hydrogens is 441 g/mol. The van der Waals surface area contributed by atoms with Crippen molar-refractivity contribution < 1.29 is 37.3 Å². The van der Waals surface area contributed by atoms with E-state index in [9.17, 15) is 27.9 Å². The Morgan fingerprint density at radius 3 is 2.74 bits per heavy atom. The highest BCUT2D eigenvalue weighted by Gasteiger charge is 2.79. The van der Waals surface area contributed by atoms with Crippen LogP contribution in [0.1, 0.15) is 25.3 Å². The van der Waals surface area contributed by atoms with Gasteiger partial charge < -0.3 is 19.5 Å². The number of fused-ring (bicyclic) bond motifs is 2. The normalized spacial score (nSPS) is 38.5. The van der Waals surface area contributed by atoms with Gasteiger partial charge in [0.25, 0.3) is 0 Å². The molecule has 0 aliphatic carbocycles. The topological polar surface area (TPSA) is 79.3 Å². The Kier molecular flexibility index (Phi) is 4.21. The first-order valence-corrected chi connectivity index (χ1v) is 10.3. The highest BCUT2D eigenvalue weighted by Crippen LogP contribution is 2.66. The summed E-state index contributed by atoms with van der Waals surface area (Å²) < 4.78 is 52.5. The van der Waals surface area contributed by atoms with E-state index in [0.717, 1.165) is 12.1 Å². The van der Waals surface area contributed by atoms with Crippen molar-refractivity contribution in [3.8, 4) is 0 Å². The van der Waals surface area contributed by atoms with Crippen LogP contribution in [0.25, 0.3) is 0 Å². The number of benzene rings is 1. The number of hydrogen-bond donors (Lipinski definition) is 1. The summed E-state index contributed by atoms with van der Waals surface area (Å²) in [7, 11) is 1.47. The van der Waals surface area contributed by atoms with Gasteiger partial charge in [-0.05, 0) is 25.1 Å². The van der Waals surface area contributed by atoms with E-state index < -0.39 is 58.2 Å². The van der Waals surface area contributed by atoms with E-state index in [1.807, 2.05) is 0 Å². The number of alkyl halides is 3. The van der Waals surface area contributed by atoms with E-state index in [1.165, 1.54) is 22.9 Å². The number of hydrogen-bond acceptors (Lipinski definition) is 4. The van der Waals surface area contributed by atoms with Crippen LogP contribution in [-0.2, 0) is 20.4 Å². The van der Waals surface area contributed by atoms with E-state index in [2.05, 4.69) is 0 Å². The molecule has 5 rings (SSSR count). The minimum absolute atomic E-state index is 0.0457. The first-order valence-electron chi connectivity index (χ1n) is 9.88. The van der Waals surface area contributed by atoms with Gasteiger partial charge in [0.2, 0.25) is 5.91 Å². The molecule has 2 bridgehead atoms. The van der Waals surface area contributed by atoms with Crippen LogP contribution in [0.5, 0.6) is 0 Å². The number of carboxylic acid groups (broad SMARTS) is 1. The Morgan fingerprint density at radius 2 is 2.10 bits per heavy atom. The molecule has 168 valence electrons. The van der Waals surface area contributed by atoms with E-state index in [0.29, 0.717) is 12.8 Å². The van der Waals surface area contributed by atoms with Crippen LogP contribution < -0.4 is 4.90 Å². The number of anilines is 1. The summed E-state index contributed by atoms with van der Waals surface area (Å²) in [4.78, 5) is 27.6. The summed E-state index contributed by atoms with van der Waals surface area (Å²) in [5, 5.41) is 9.09. The quantitative estimate of drug-likeness (QED) is 0.729. The summed E-state index contributed by atoms with van der Waals surface area (Å²) in [6.45, 7) is 1.96. The van der Waals surface area contributed by atoms with Crippen LogP contribution in [0.2, 0.25) is 5.02 Å². The zero-order valence-electron chi connectivity index (χ0n) is 16.6. The molecule has 6 atom stereocenters. The molecule has 1 aromatic rings. The Morgan fingerprint density at radius 1 is 1.39 bits per heavy atom. The van der Waals surface area contributed by atoms with Gasteiger partial charge in [-0.3, -0.25) is 9.69 Å². The smallest absolute Gasteiger partial charge is 0.417 e. The molecule has 4 aliphatic rings. The van der Waals surface area contributed by atoms with Crippen LogP contribution in [0.3, 0.4) is 0 Å². The Labute approximate surface area is 180 Å². The van der Waals surface area contributed by atoms with Crippen molar-refractivity contribution in [2.24, 2.45) is 11.8 Å². The SMILES string of the molecule is CN(C(=O)O)[C@@H]1C[C@@]2(C)O[C@@]13CCO[C@H]1[C@@H]3[C@@H]2C(=O)N1c1ccc(Cl)c(C(F)(F)F)c1. The number of rotatable bonds is 2. The van der Waals surface area contributed by atoms with Crippen LogP contribution in [0.15, 0.2) is 18.2 Å². The van der Waals surface area contributed by atoms with Gasteiger partial charge in [0.1, 0.15) is 6.23 Å². The lowest BCUT2D eigenvalue weighted by molar-refractivity contribution is -0.151. The molecule has 7 nitrogen and oxygen atoms in total. The van der Waals surface area contributed by atoms with Gasteiger partial charge in [-0.25, -0.2) is 4.79 Å². The van der Waals surface area contributed by atoms with Gasteiger partial charge >= 0.3 is 12.3 Å². The molecule has 0 aromatic heterocycles. The van der Waals surface area contributed by atoms with Crippen LogP contribution >= 0.6 is 11.6 Å². The highest BCUT2D eigenvalue weighted by molar-refractivity contribution is 6.31. The molecule has 2 amide bonds. The maximum Gasteiger partial charge on any atom is 0.417 e. The number of likely N-dealkylation sites (N-methyl/N-ethyl adjacent to an activating group) is 1. The van der Waals surface area contributed by atoms with Crippen molar-refractivity contribution >= 4 is 29.3 Å². The largest absolute Gasteiger partial charge is 0.465 e. The Bertz CT molecular complexity index is 990. The summed E-state index contributed by atoms with van der Waals surface area (Å²) in [6.07, 6.45) is -5.90. The van der Waals surface area contributed by atoms with Gasteiger partial charge in [-0.1, -0.05) is 11.6 Å². The number of carbonyl (C=O) groups excluding carboxylic acids is 1. The van der Waals surface area contributed by atoms with Gasteiger partial charge in [0.15, 0.2) is 0 Å². The van der Waals surface area contributed by atoms with Crippen molar-refractivity contribution in [3.63, 3.8) is 0 Å². The molecule has 0 unspecified atom stereocenters. The summed E-state index contributed by atoms with van der Waals surface area (Å²) in [5.74, 6) is -1.52. The lowest BCUT2D eigenvalue weighted by Crippen LogP contribution is -2.61. The number of nitrogens with zero attached hydrogens (tertiary/aromatic N) is 2. The van der Waals surface area contributed by atoms with Crippen molar-refractivity contribution in [1.82, 2.24) is 4.90 Å². The zero-order chi connectivity index (χ0) is 22.5. The second-order valence-corrected chi connectivity index (χ2v) is 9.28. The Balaban J connectivity index is 1.60. The molecular formula is C20H20ClF3N2O5. The summed E-state index contributed by atoms with van der Waals surface area (Å²) >= 11 is 5.75. The second-order valence-electron chi connectivity index (χ2n) is 8.87. The first-order chi connectivity index (χ1) is 14.4. The lowest BCUT2D eigenvalue weighted by atomic mass is 9.63. The molecule has 1 N–H and O–H groups in total. The average molecular weight is 461 g/mol. The van der Waals surface area contributed by atoms with Crippen molar-refractivity contribution in [1.29, 1.82) is 0 Å². The monoisotopic (exact) mass is 460 g/mol. The third kappa shape index (κ3) is 2.61. The highest BCUT2D eigenvalue weighted by atomic mass is 35.5. The molecule has 1 spiro atoms. The fourth-order valence-electron chi connectivity index (χ4n) is 6.15. The number of halogens is 4. The Hall–Kier alpha value is -2.04. The molecule has 0 radical (unpaired) electrons. The van der Waals surface area contributed by atoms with Crippen LogP contribution in [0, 0.1) is 11.8 Å². The standard InChI is InChI=1S/C20H20ClF3N2O5/c1-18-8-12(25(2)17(28)29)19(31-18)5-6-30-16-14(19)13(18)15(27)26(16)9-3-4-11(21)10(7-9)20(22,23)24/h3-4,7,12-14,16H,5-6,8H2,1-2H3,(H,28,29)/t12-,13-,14+,16+,18-,19+/m1/s1. The van der Waals surface area contributed by atoms with Gasteiger partial charge in [-0.2, -0.15) is 13.2 Å². The minimum atomic E-state index is -4.68. The predicted molar refractivity (Wildman–Crippen MR) is 102 cm³/mol. The van der Waals surface area contributed by atoms with E-state index in [1.54, 1.807) is 6.92 Å². The van der Waals surface area contributed by atoms with Gasteiger partial charge in [0.05, 0.1) is 46.3 Å². The summed E-state index contributed by atoms with van der Waals surface area (Å²) in [5.41, 5.74) is -2.85. The van der Waals surface area contributed by atoms with Crippen LogP contribution in [-0.4, -0.2) is 59.1 Å². The number of ether oxygens (including phenoxy) is 2. The fraction of sp³-hybridized carbons (Fsp3) is 0.600. The van der Waals surface area contributed by atoms with Crippen molar-refractivity contribution in [2.45, 2.75) is 49.4 Å². The van der Waals surface area contributed by atoms with Gasteiger partial charge in [-0.15, -0.1) is 0 Å². The van der Waals surface area contributed by atoms with E-state index in [4.69, 9.17) is 21.1 Å². The lowest BCUT2D eigenvalue weighted by Gasteiger charge is -2.47. The first kappa shape index (κ1) is 20.8. The van der Waals surface area contributed by atoms with Crippen molar-refractivity contribution in [3.05, 3.63) is 28.8 Å². The second kappa shape index (κ2) is 6.26. The molecule has 1 aromatic carbocycles. The fourth-order valence-corrected chi connectivity index (χ4v) is 6.38. The van der Waals surface area contributed by atoms with E-state index in [-0.39, 0.29) is 18.2 Å². The maximum atomic E-state index is 13.5. The molecule has 4 fully saturated rings. The predicted octanol–water partition coefficient (Wildman–Crippen LogP) is 3.59. The summed E-state index contributed by atoms with van der Waals surface area (Å²) in [6, 6.07) is 2.87. The molecule has 31 heavy (non-hydrogen) atoms. The van der Waals surface area contributed by atoms with Crippen molar-refractivity contribution in [2.75, 3.05) is 18.6 Å². The van der Waals surface area contributed by atoms with E-state index >= 15 is 0 Å². The molecule has 4 heterocycles. The third-order valence-corrected chi connectivity index (χ3v) is 7.65. The van der Waals surface area contributed by atoms with Crippen LogP contribution in [0.4, 0.5) is 23.7 Å².